The molecule has 1 aliphatic rings. The first-order chi connectivity index (χ1) is 13.4. The molecule has 5 nitrogen and oxygen atoms in total. The quantitative estimate of drug-likeness (QED) is 0.303. The van der Waals surface area contributed by atoms with Crippen LogP contribution in [0.2, 0.25) is 0 Å². The van der Waals surface area contributed by atoms with Gasteiger partial charge in [-0.15, -0.1) is 0 Å². The van der Waals surface area contributed by atoms with E-state index in [-0.39, 0.29) is 12.3 Å². The molecule has 1 aromatic heterocycles. The Bertz CT molecular complexity index is 938. The molecule has 0 radical (unpaired) electrons. The summed E-state index contributed by atoms with van der Waals surface area (Å²) < 4.78 is 7.35. The van der Waals surface area contributed by atoms with Gasteiger partial charge in [0.2, 0.25) is 0 Å². The SMILES string of the molecule is O=C(O)CCCCCN1C(=O)/C(=C\c2ccc(-c3cccc(Br)c3)o2)SC1=S. The van der Waals surface area contributed by atoms with Crippen molar-refractivity contribution in [2.24, 2.45) is 0 Å². The maximum absolute atomic E-state index is 12.6. The highest BCUT2D eigenvalue weighted by molar-refractivity contribution is 9.10. The standard InChI is InChI=1S/C20H18BrNO4S2/c21-14-6-4-5-13(11-14)16-9-8-15(26-16)12-17-19(25)22(20(27)28-17)10-3-1-2-7-18(23)24/h4-6,8-9,11-12H,1-3,7,10H2,(H,23,24)/b17-12+. The van der Waals surface area contributed by atoms with Crippen molar-refractivity contribution in [2.45, 2.75) is 25.7 Å². The maximum atomic E-state index is 12.6. The lowest BCUT2D eigenvalue weighted by Crippen LogP contribution is -2.29. The van der Waals surface area contributed by atoms with Crippen LogP contribution in [0.5, 0.6) is 0 Å². The summed E-state index contributed by atoms with van der Waals surface area (Å²) in [5.74, 6) is 0.390. The molecular formula is C20H18BrNO4S2. The van der Waals surface area contributed by atoms with E-state index in [0.29, 0.717) is 28.0 Å². The average molecular weight is 480 g/mol. The van der Waals surface area contributed by atoms with Crippen molar-refractivity contribution in [3.63, 3.8) is 0 Å². The molecule has 28 heavy (non-hydrogen) atoms. The van der Waals surface area contributed by atoms with E-state index in [9.17, 15) is 9.59 Å². The van der Waals surface area contributed by atoms with Crippen molar-refractivity contribution in [2.75, 3.05) is 6.54 Å². The van der Waals surface area contributed by atoms with E-state index < -0.39 is 5.97 Å². The molecule has 1 aromatic carbocycles. The average Bonchev–Trinajstić information content (AvgIpc) is 3.21. The molecule has 1 saturated heterocycles. The summed E-state index contributed by atoms with van der Waals surface area (Å²) in [6.07, 6.45) is 3.93. The molecule has 1 N–H and O–H groups in total. The third kappa shape index (κ3) is 5.33. The molecule has 0 bridgehead atoms. The van der Waals surface area contributed by atoms with Crippen LogP contribution in [0.4, 0.5) is 0 Å². The Morgan fingerprint density at radius 3 is 2.82 bits per heavy atom. The Kier molecular flexibility index (Phi) is 7.09. The van der Waals surface area contributed by atoms with Gasteiger partial charge in [0, 0.05) is 29.1 Å². The number of amides is 1. The minimum atomic E-state index is -0.797. The second-order valence-corrected chi connectivity index (χ2v) is 8.84. The molecule has 2 aromatic rings. The lowest BCUT2D eigenvalue weighted by Gasteiger charge is -2.13. The number of carbonyl (C=O) groups excluding carboxylic acids is 1. The largest absolute Gasteiger partial charge is 0.481 e. The van der Waals surface area contributed by atoms with Gasteiger partial charge in [0.25, 0.3) is 5.91 Å². The number of furan rings is 1. The number of carboxylic acids is 1. The van der Waals surface area contributed by atoms with E-state index >= 15 is 0 Å². The van der Waals surface area contributed by atoms with E-state index in [1.54, 1.807) is 11.0 Å². The van der Waals surface area contributed by atoms with E-state index in [2.05, 4.69) is 15.9 Å². The minimum absolute atomic E-state index is 0.131. The van der Waals surface area contributed by atoms with Crippen LogP contribution in [0.25, 0.3) is 17.4 Å². The predicted molar refractivity (Wildman–Crippen MR) is 118 cm³/mol. The van der Waals surface area contributed by atoms with Gasteiger partial charge in [0.05, 0.1) is 4.91 Å². The van der Waals surface area contributed by atoms with Crippen LogP contribution in [0.1, 0.15) is 31.4 Å². The topological polar surface area (TPSA) is 70.8 Å². The molecule has 2 heterocycles. The Morgan fingerprint density at radius 1 is 1.25 bits per heavy atom. The van der Waals surface area contributed by atoms with Crippen molar-refractivity contribution in [1.82, 2.24) is 4.90 Å². The van der Waals surface area contributed by atoms with Crippen LogP contribution in [0.15, 0.2) is 50.2 Å². The summed E-state index contributed by atoms with van der Waals surface area (Å²) in [6, 6.07) is 11.5. The molecule has 146 valence electrons. The van der Waals surface area contributed by atoms with E-state index in [1.165, 1.54) is 11.8 Å². The number of aliphatic carboxylic acids is 1. The molecule has 1 amide bonds. The fraction of sp³-hybridized carbons (Fsp3) is 0.250. The van der Waals surface area contributed by atoms with Crippen LogP contribution in [-0.2, 0) is 9.59 Å². The lowest BCUT2D eigenvalue weighted by atomic mass is 10.2. The van der Waals surface area contributed by atoms with E-state index in [0.717, 1.165) is 28.6 Å². The Morgan fingerprint density at radius 2 is 2.07 bits per heavy atom. The van der Waals surface area contributed by atoms with Gasteiger partial charge in [-0.3, -0.25) is 14.5 Å². The van der Waals surface area contributed by atoms with Crippen LogP contribution >= 0.6 is 39.9 Å². The Balaban J connectivity index is 1.63. The number of hydrogen-bond donors (Lipinski definition) is 1. The van der Waals surface area contributed by atoms with E-state index in [4.69, 9.17) is 21.7 Å². The number of rotatable bonds is 8. The summed E-state index contributed by atoms with van der Waals surface area (Å²) in [5.41, 5.74) is 0.947. The molecule has 1 aliphatic heterocycles. The van der Waals surface area contributed by atoms with Crippen LogP contribution in [-0.4, -0.2) is 32.7 Å². The molecule has 3 rings (SSSR count). The summed E-state index contributed by atoms with van der Waals surface area (Å²) in [5, 5.41) is 8.66. The summed E-state index contributed by atoms with van der Waals surface area (Å²) in [4.78, 5) is 25.3. The molecule has 0 saturated carbocycles. The molecule has 0 spiro atoms. The fourth-order valence-electron chi connectivity index (χ4n) is 2.77. The monoisotopic (exact) mass is 479 g/mol. The first-order valence-corrected chi connectivity index (χ1v) is 10.8. The minimum Gasteiger partial charge on any atom is -0.481 e. The maximum Gasteiger partial charge on any atom is 0.303 e. The molecule has 8 heteroatoms. The number of nitrogens with zero attached hydrogens (tertiary/aromatic N) is 1. The van der Waals surface area contributed by atoms with Gasteiger partial charge in [0.15, 0.2) is 0 Å². The highest BCUT2D eigenvalue weighted by Gasteiger charge is 2.31. The van der Waals surface area contributed by atoms with Crippen LogP contribution < -0.4 is 0 Å². The second-order valence-electron chi connectivity index (χ2n) is 6.25. The number of halogens is 1. The number of unbranched alkanes of at least 4 members (excludes halogenated alkanes) is 2. The Labute approximate surface area is 180 Å². The van der Waals surface area contributed by atoms with Crippen LogP contribution in [0, 0.1) is 0 Å². The molecule has 0 atom stereocenters. The zero-order valence-corrected chi connectivity index (χ0v) is 18.1. The highest BCUT2D eigenvalue weighted by atomic mass is 79.9. The number of thiocarbonyl (C=S) groups is 1. The third-order valence-corrected chi connectivity index (χ3v) is 6.03. The number of hydrogen-bond acceptors (Lipinski definition) is 5. The summed E-state index contributed by atoms with van der Waals surface area (Å²) in [6.45, 7) is 0.503. The Hall–Kier alpha value is -1.90. The molecular weight excluding hydrogens is 462 g/mol. The van der Waals surface area contributed by atoms with Gasteiger partial charge in [-0.25, -0.2) is 0 Å². The normalized spacial score (nSPS) is 15.6. The van der Waals surface area contributed by atoms with E-state index in [1.807, 2.05) is 36.4 Å². The van der Waals surface area contributed by atoms with Crippen molar-refractivity contribution in [3.05, 3.63) is 51.5 Å². The molecule has 0 aliphatic carbocycles. The van der Waals surface area contributed by atoms with Crippen molar-refractivity contribution >= 4 is 62.2 Å². The lowest BCUT2D eigenvalue weighted by molar-refractivity contribution is -0.137. The smallest absolute Gasteiger partial charge is 0.303 e. The second kappa shape index (κ2) is 9.54. The first kappa shape index (κ1) is 20.8. The van der Waals surface area contributed by atoms with Crippen LogP contribution in [0.3, 0.4) is 0 Å². The van der Waals surface area contributed by atoms with Gasteiger partial charge >= 0.3 is 5.97 Å². The zero-order chi connectivity index (χ0) is 20.1. The van der Waals surface area contributed by atoms with Gasteiger partial charge in [-0.05, 0) is 37.1 Å². The van der Waals surface area contributed by atoms with Gasteiger partial charge in [-0.1, -0.05) is 58.5 Å². The molecule has 1 fully saturated rings. The highest BCUT2D eigenvalue weighted by Crippen LogP contribution is 2.34. The van der Waals surface area contributed by atoms with Crippen molar-refractivity contribution < 1.29 is 19.1 Å². The van der Waals surface area contributed by atoms with Crippen molar-refractivity contribution in [1.29, 1.82) is 0 Å². The number of carboxylic acid groups (broad SMARTS) is 1. The number of carbonyl (C=O) groups is 2. The predicted octanol–water partition coefficient (Wildman–Crippen LogP) is 5.56. The number of benzene rings is 1. The summed E-state index contributed by atoms with van der Waals surface area (Å²) >= 11 is 10.0. The number of thioether (sulfide) groups is 1. The van der Waals surface area contributed by atoms with Gasteiger partial charge in [0.1, 0.15) is 15.8 Å². The molecule has 0 unspecified atom stereocenters. The summed E-state index contributed by atoms with van der Waals surface area (Å²) in [7, 11) is 0. The third-order valence-electron chi connectivity index (χ3n) is 4.16. The van der Waals surface area contributed by atoms with Gasteiger partial charge in [-0.2, -0.15) is 0 Å². The first-order valence-electron chi connectivity index (χ1n) is 8.77. The zero-order valence-electron chi connectivity index (χ0n) is 14.9. The van der Waals surface area contributed by atoms with Crippen molar-refractivity contribution in [3.8, 4) is 11.3 Å². The fourth-order valence-corrected chi connectivity index (χ4v) is 4.46. The van der Waals surface area contributed by atoms with Gasteiger partial charge < -0.3 is 9.52 Å².